The molecule has 0 spiro atoms. The van der Waals surface area contributed by atoms with Gasteiger partial charge >= 0.3 is 5.97 Å². The molecule has 0 unspecified atom stereocenters. The van der Waals surface area contributed by atoms with Gasteiger partial charge in [-0.05, 0) is 44.4 Å². The summed E-state index contributed by atoms with van der Waals surface area (Å²) in [6.07, 6.45) is 2.15. The predicted molar refractivity (Wildman–Crippen MR) is 88.9 cm³/mol. The van der Waals surface area contributed by atoms with Crippen LogP contribution in [0.5, 0.6) is 0 Å². The fourth-order valence-electron chi connectivity index (χ4n) is 2.95. The molecule has 1 amide bonds. The molecule has 1 atom stereocenters. The molecule has 0 aliphatic carbocycles. The standard InChI is InChI=1S/C18H25FN2O3/c1-2-24-18(23)15-7-5-11-21(12-15)13-17(22)20-10-9-14-6-3-4-8-16(14)19/h3-4,6,8,15H,2,5,7,9-13H2,1H3,(H,20,22)/t15-/m1/s1. The summed E-state index contributed by atoms with van der Waals surface area (Å²) in [4.78, 5) is 25.8. The van der Waals surface area contributed by atoms with E-state index in [0.717, 1.165) is 19.4 Å². The van der Waals surface area contributed by atoms with Crippen LogP contribution in [0.25, 0.3) is 0 Å². The molecule has 132 valence electrons. The van der Waals surface area contributed by atoms with Crippen LogP contribution in [0.3, 0.4) is 0 Å². The minimum absolute atomic E-state index is 0.101. The normalized spacial score (nSPS) is 18.2. The van der Waals surface area contributed by atoms with Gasteiger partial charge in [-0.1, -0.05) is 18.2 Å². The monoisotopic (exact) mass is 336 g/mol. The van der Waals surface area contributed by atoms with Crippen molar-refractivity contribution in [1.82, 2.24) is 10.2 Å². The number of piperidine rings is 1. The molecular formula is C18H25FN2O3. The molecule has 6 heteroatoms. The van der Waals surface area contributed by atoms with Crippen molar-refractivity contribution in [1.29, 1.82) is 0 Å². The number of rotatable bonds is 7. The molecule has 1 fully saturated rings. The summed E-state index contributed by atoms with van der Waals surface area (Å²) >= 11 is 0. The Labute approximate surface area is 142 Å². The van der Waals surface area contributed by atoms with Gasteiger partial charge in [-0.25, -0.2) is 4.39 Å². The van der Waals surface area contributed by atoms with E-state index >= 15 is 0 Å². The second-order valence-corrected chi connectivity index (χ2v) is 6.02. The van der Waals surface area contributed by atoms with Crippen LogP contribution in [0.15, 0.2) is 24.3 Å². The number of amides is 1. The van der Waals surface area contributed by atoms with Crippen LogP contribution in [-0.2, 0) is 20.7 Å². The first-order valence-electron chi connectivity index (χ1n) is 8.49. The Morgan fingerprint density at radius 2 is 2.17 bits per heavy atom. The number of halogens is 1. The molecule has 1 aliphatic heterocycles. The smallest absolute Gasteiger partial charge is 0.310 e. The summed E-state index contributed by atoms with van der Waals surface area (Å²) in [5, 5.41) is 2.81. The maximum atomic E-state index is 13.5. The minimum atomic E-state index is -0.250. The fraction of sp³-hybridized carbons (Fsp3) is 0.556. The number of benzene rings is 1. The van der Waals surface area contributed by atoms with Crippen molar-refractivity contribution in [3.63, 3.8) is 0 Å². The number of likely N-dealkylation sites (tertiary alicyclic amines) is 1. The Morgan fingerprint density at radius 1 is 1.38 bits per heavy atom. The summed E-state index contributed by atoms with van der Waals surface area (Å²) in [5.41, 5.74) is 0.596. The Bertz CT molecular complexity index is 565. The SMILES string of the molecule is CCOC(=O)[C@@H]1CCCN(CC(=O)NCCc2ccccc2F)C1. The van der Waals surface area contributed by atoms with Crippen molar-refractivity contribution in [3.8, 4) is 0 Å². The van der Waals surface area contributed by atoms with E-state index in [0.29, 0.717) is 31.7 Å². The molecule has 0 aromatic heterocycles. The van der Waals surface area contributed by atoms with E-state index in [1.165, 1.54) is 6.07 Å². The largest absolute Gasteiger partial charge is 0.466 e. The lowest BCUT2D eigenvalue weighted by Crippen LogP contribution is -2.44. The first-order chi connectivity index (χ1) is 11.6. The predicted octanol–water partition coefficient (Wildman–Crippen LogP) is 1.76. The Hall–Kier alpha value is -1.95. The number of ether oxygens (including phenoxy) is 1. The average Bonchev–Trinajstić information content (AvgIpc) is 2.57. The maximum Gasteiger partial charge on any atom is 0.310 e. The zero-order chi connectivity index (χ0) is 17.4. The quantitative estimate of drug-likeness (QED) is 0.771. The lowest BCUT2D eigenvalue weighted by atomic mass is 9.98. The van der Waals surface area contributed by atoms with E-state index in [2.05, 4.69) is 5.32 Å². The molecule has 1 aromatic carbocycles. The highest BCUT2D eigenvalue weighted by Crippen LogP contribution is 2.17. The third kappa shape index (κ3) is 5.60. The number of nitrogens with zero attached hydrogens (tertiary/aromatic N) is 1. The van der Waals surface area contributed by atoms with Crippen molar-refractivity contribution in [2.24, 2.45) is 5.92 Å². The Balaban J connectivity index is 1.72. The highest BCUT2D eigenvalue weighted by molar-refractivity contribution is 5.78. The van der Waals surface area contributed by atoms with Crippen LogP contribution in [0.1, 0.15) is 25.3 Å². The molecule has 1 N–H and O–H groups in total. The molecule has 1 saturated heterocycles. The molecule has 0 bridgehead atoms. The zero-order valence-electron chi connectivity index (χ0n) is 14.1. The molecule has 0 saturated carbocycles. The number of esters is 1. The van der Waals surface area contributed by atoms with Gasteiger partial charge in [0.15, 0.2) is 0 Å². The van der Waals surface area contributed by atoms with Crippen molar-refractivity contribution < 1.29 is 18.7 Å². The molecule has 24 heavy (non-hydrogen) atoms. The van der Waals surface area contributed by atoms with Crippen LogP contribution >= 0.6 is 0 Å². The van der Waals surface area contributed by atoms with Crippen LogP contribution < -0.4 is 5.32 Å². The van der Waals surface area contributed by atoms with Gasteiger partial charge in [-0.15, -0.1) is 0 Å². The van der Waals surface area contributed by atoms with Crippen LogP contribution in [0.2, 0.25) is 0 Å². The van der Waals surface area contributed by atoms with Gasteiger partial charge in [0.2, 0.25) is 5.91 Å². The topological polar surface area (TPSA) is 58.6 Å². The van der Waals surface area contributed by atoms with E-state index in [1.807, 2.05) is 4.90 Å². The molecule has 1 aliphatic rings. The van der Waals surface area contributed by atoms with Crippen molar-refractivity contribution in [2.45, 2.75) is 26.2 Å². The van der Waals surface area contributed by atoms with Gasteiger partial charge in [0.05, 0.1) is 19.1 Å². The van der Waals surface area contributed by atoms with E-state index in [-0.39, 0.29) is 30.2 Å². The Kier molecular flexibility index (Phi) is 7.18. The van der Waals surface area contributed by atoms with Gasteiger partial charge in [-0.3, -0.25) is 14.5 Å². The minimum Gasteiger partial charge on any atom is -0.466 e. The van der Waals surface area contributed by atoms with Crippen molar-refractivity contribution in [2.75, 3.05) is 32.8 Å². The van der Waals surface area contributed by atoms with Crippen LogP contribution in [0.4, 0.5) is 4.39 Å². The summed E-state index contributed by atoms with van der Waals surface area (Å²) in [6.45, 7) is 4.19. The molecular weight excluding hydrogens is 311 g/mol. The molecule has 1 heterocycles. The lowest BCUT2D eigenvalue weighted by molar-refractivity contribution is -0.150. The van der Waals surface area contributed by atoms with Crippen molar-refractivity contribution in [3.05, 3.63) is 35.6 Å². The summed E-state index contributed by atoms with van der Waals surface area (Å²) in [6, 6.07) is 6.56. The number of carbonyl (C=O) groups is 2. The Morgan fingerprint density at radius 3 is 2.92 bits per heavy atom. The van der Waals surface area contributed by atoms with Gasteiger partial charge in [0.25, 0.3) is 0 Å². The lowest BCUT2D eigenvalue weighted by Gasteiger charge is -2.30. The van der Waals surface area contributed by atoms with Gasteiger partial charge < -0.3 is 10.1 Å². The van der Waals surface area contributed by atoms with Gasteiger partial charge in [0.1, 0.15) is 5.82 Å². The van der Waals surface area contributed by atoms with Gasteiger partial charge in [0, 0.05) is 13.1 Å². The number of hydrogen-bond acceptors (Lipinski definition) is 4. The van der Waals surface area contributed by atoms with Crippen LogP contribution in [-0.4, -0.2) is 49.6 Å². The number of nitrogens with one attached hydrogen (secondary N) is 1. The molecule has 1 aromatic rings. The van der Waals surface area contributed by atoms with E-state index in [9.17, 15) is 14.0 Å². The van der Waals surface area contributed by atoms with E-state index in [4.69, 9.17) is 4.74 Å². The molecule has 0 radical (unpaired) electrons. The first-order valence-corrected chi connectivity index (χ1v) is 8.49. The maximum absolute atomic E-state index is 13.5. The highest BCUT2D eigenvalue weighted by Gasteiger charge is 2.27. The third-order valence-electron chi connectivity index (χ3n) is 4.17. The van der Waals surface area contributed by atoms with E-state index in [1.54, 1.807) is 25.1 Å². The van der Waals surface area contributed by atoms with Crippen molar-refractivity contribution >= 4 is 11.9 Å². The summed E-state index contributed by atoms with van der Waals surface area (Å²) < 4.78 is 18.6. The number of carbonyl (C=O) groups excluding carboxylic acids is 2. The van der Waals surface area contributed by atoms with Gasteiger partial charge in [-0.2, -0.15) is 0 Å². The fourth-order valence-corrected chi connectivity index (χ4v) is 2.95. The van der Waals surface area contributed by atoms with E-state index < -0.39 is 0 Å². The van der Waals surface area contributed by atoms with Crippen LogP contribution in [0, 0.1) is 11.7 Å². The number of hydrogen-bond donors (Lipinski definition) is 1. The summed E-state index contributed by atoms with van der Waals surface area (Å²) in [5.74, 6) is -0.678. The molecule has 2 rings (SSSR count). The zero-order valence-corrected chi connectivity index (χ0v) is 14.1. The third-order valence-corrected chi connectivity index (χ3v) is 4.17. The second kappa shape index (κ2) is 9.37. The molecule has 5 nitrogen and oxygen atoms in total. The highest BCUT2D eigenvalue weighted by atomic mass is 19.1. The first kappa shape index (κ1) is 18.4. The average molecular weight is 336 g/mol. The summed E-state index contributed by atoms with van der Waals surface area (Å²) in [7, 11) is 0. The second-order valence-electron chi connectivity index (χ2n) is 6.02.